The molecule has 2 atom stereocenters. The highest BCUT2D eigenvalue weighted by Crippen LogP contribution is 2.36. The lowest BCUT2D eigenvalue weighted by Gasteiger charge is -2.39. The molecule has 2 aliphatic heterocycles. The maximum Gasteiger partial charge on any atom is 0.248 e. The first kappa shape index (κ1) is 17.3. The second-order valence-corrected chi connectivity index (χ2v) is 6.54. The van der Waals surface area contributed by atoms with Crippen molar-refractivity contribution < 1.29 is 19.0 Å². The quantitative estimate of drug-likeness (QED) is 0.794. The normalized spacial score (nSPS) is 26.9. The summed E-state index contributed by atoms with van der Waals surface area (Å²) in [7, 11) is 0. The summed E-state index contributed by atoms with van der Waals surface area (Å²) >= 11 is 0. The fourth-order valence-corrected chi connectivity index (χ4v) is 3.48. The number of likely N-dealkylation sites (tertiary alicyclic amines) is 1. The summed E-state index contributed by atoms with van der Waals surface area (Å²) in [6, 6.07) is 3.92. The highest BCUT2D eigenvalue weighted by Gasteiger charge is 2.44. The molecule has 3 rings (SSSR count). The molecule has 2 fully saturated rings. The van der Waals surface area contributed by atoms with Gasteiger partial charge in [0.25, 0.3) is 0 Å². The number of piperidine rings is 1. The number of carbonyl (C=O) groups is 1. The Labute approximate surface area is 143 Å². The Kier molecular flexibility index (Phi) is 5.81. The van der Waals surface area contributed by atoms with E-state index in [0.717, 1.165) is 31.4 Å². The summed E-state index contributed by atoms with van der Waals surface area (Å²) in [5.74, 6) is 0.0562. The van der Waals surface area contributed by atoms with Crippen molar-refractivity contribution in [2.24, 2.45) is 0 Å². The van der Waals surface area contributed by atoms with Crippen molar-refractivity contribution in [3.63, 3.8) is 0 Å². The smallest absolute Gasteiger partial charge is 0.248 e. The summed E-state index contributed by atoms with van der Waals surface area (Å²) in [6.07, 6.45) is 6.43. The van der Waals surface area contributed by atoms with Gasteiger partial charge >= 0.3 is 0 Å². The monoisotopic (exact) mass is 334 g/mol. The Morgan fingerprint density at radius 2 is 2.29 bits per heavy atom. The van der Waals surface area contributed by atoms with Crippen LogP contribution in [0.4, 0.5) is 0 Å². The largest absolute Gasteiger partial charge is 0.372 e. The summed E-state index contributed by atoms with van der Waals surface area (Å²) in [4.78, 5) is 18.1. The molecule has 2 aliphatic rings. The molecule has 2 saturated heterocycles. The molecule has 0 saturated carbocycles. The van der Waals surface area contributed by atoms with E-state index in [0.29, 0.717) is 26.4 Å². The number of hydrogen-bond acceptors (Lipinski definition) is 5. The second kappa shape index (κ2) is 8.05. The van der Waals surface area contributed by atoms with Crippen LogP contribution in [0.1, 0.15) is 31.7 Å². The zero-order valence-electron chi connectivity index (χ0n) is 14.3. The van der Waals surface area contributed by atoms with Crippen LogP contribution in [0.15, 0.2) is 24.5 Å². The molecule has 24 heavy (non-hydrogen) atoms. The third kappa shape index (κ3) is 4.32. The number of aromatic nitrogens is 1. The third-order valence-corrected chi connectivity index (χ3v) is 4.73. The summed E-state index contributed by atoms with van der Waals surface area (Å²) < 4.78 is 17.3. The predicted molar refractivity (Wildman–Crippen MR) is 88.4 cm³/mol. The maximum absolute atomic E-state index is 12.2. The number of pyridine rings is 1. The van der Waals surface area contributed by atoms with Crippen molar-refractivity contribution in [1.82, 2.24) is 9.88 Å². The van der Waals surface area contributed by atoms with Gasteiger partial charge in [0.05, 0.1) is 24.9 Å². The van der Waals surface area contributed by atoms with Gasteiger partial charge in [-0.15, -0.1) is 0 Å². The highest BCUT2D eigenvalue weighted by atomic mass is 16.6. The minimum atomic E-state index is -0.247. The molecule has 0 unspecified atom stereocenters. The maximum atomic E-state index is 12.2. The van der Waals surface area contributed by atoms with Gasteiger partial charge < -0.3 is 19.1 Å². The lowest BCUT2D eigenvalue weighted by molar-refractivity contribution is -0.143. The Balaban J connectivity index is 1.50. The fourth-order valence-electron chi connectivity index (χ4n) is 3.48. The van der Waals surface area contributed by atoms with E-state index in [1.807, 2.05) is 24.0 Å². The first-order valence-corrected chi connectivity index (χ1v) is 8.71. The molecular weight excluding hydrogens is 308 g/mol. The van der Waals surface area contributed by atoms with Gasteiger partial charge in [-0.3, -0.25) is 9.78 Å². The van der Waals surface area contributed by atoms with Crippen molar-refractivity contribution in [2.45, 2.75) is 44.5 Å². The van der Waals surface area contributed by atoms with Crippen LogP contribution in [0.3, 0.4) is 0 Å². The van der Waals surface area contributed by atoms with Crippen LogP contribution in [0.5, 0.6) is 0 Å². The number of carbonyl (C=O) groups excluding carboxylic acids is 1. The lowest BCUT2D eigenvalue weighted by atomic mass is 9.89. The van der Waals surface area contributed by atoms with Crippen molar-refractivity contribution in [3.05, 3.63) is 30.1 Å². The van der Waals surface area contributed by atoms with Crippen LogP contribution in [0.2, 0.25) is 0 Å². The van der Waals surface area contributed by atoms with Crippen LogP contribution in [-0.2, 0) is 25.6 Å². The molecule has 1 spiro atoms. The minimum absolute atomic E-state index is 0.0562. The van der Waals surface area contributed by atoms with Crippen LogP contribution in [0, 0.1) is 0 Å². The number of amides is 1. The SMILES string of the molecule is CCOCC(=O)N1CCC[C@]2(C[C@@H](OCc3ccncc3)CO2)C1. The average Bonchev–Trinajstić information content (AvgIpc) is 3.01. The van der Waals surface area contributed by atoms with Crippen molar-refractivity contribution >= 4 is 5.91 Å². The van der Waals surface area contributed by atoms with Crippen molar-refractivity contribution in [2.75, 3.05) is 32.9 Å². The van der Waals surface area contributed by atoms with Crippen LogP contribution < -0.4 is 0 Å². The van der Waals surface area contributed by atoms with Crippen molar-refractivity contribution in [3.8, 4) is 0 Å². The number of nitrogens with zero attached hydrogens (tertiary/aromatic N) is 2. The third-order valence-electron chi connectivity index (χ3n) is 4.73. The van der Waals surface area contributed by atoms with E-state index in [-0.39, 0.29) is 24.2 Å². The molecule has 1 aromatic rings. The molecule has 0 bridgehead atoms. The van der Waals surface area contributed by atoms with Crippen LogP contribution >= 0.6 is 0 Å². The van der Waals surface area contributed by atoms with E-state index in [2.05, 4.69) is 4.98 Å². The van der Waals surface area contributed by atoms with E-state index in [9.17, 15) is 4.79 Å². The topological polar surface area (TPSA) is 60.9 Å². The molecule has 6 heteroatoms. The molecule has 0 aliphatic carbocycles. The zero-order chi connectivity index (χ0) is 16.8. The van der Waals surface area contributed by atoms with Gasteiger partial charge in [-0.1, -0.05) is 0 Å². The Morgan fingerprint density at radius 1 is 1.46 bits per heavy atom. The molecule has 132 valence electrons. The van der Waals surface area contributed by atoms with Gasteiger partial charge in [-0.05, 0) is 37.5 Å². The summed E-state index contributed by atoms with van der Waals surface area (Å²) in [5, 5.41) is 0. The van der Waals surface area contributed by atoms with E-state index >= 15 is 0 Å². The molecular formula is C18H26N2O4. The number of rotatable bonds is 6. The Hall–Kier alpha value is -1.50. The van der Waals surface area contributed by atoms with Gasteiger partial charge in [-0.2, -0.15) is 0 Å². The first-order chi connectivity index (χ1) is 11.7. The van der Waals surface area contributed by atoms with Crippen molar-refractivity contribution in [1.29, 1.82) is 0 Å². The standard InChI is InChI=1S/C18H26N2O4/c1-2-22-13-17(21)20-9-3-6-18(14-20)10-16(12-24-18)23-11-15-4-7-19-8-5-15/h4-5,7-8,16H,2-3,6,9-14H2,1H3/t16-,18+/m1/s1. The van der Waals surface area contributed by atoms with E-state index < -0.39 is 0 Å². The fraction of sp³-hybridized carbons (Fsp3) is 0.667. The van der Waals surface area contributed by atoms with E-state index in [1.54, 1.807) is 12.4 Å². The molecule has 0 radical (unpaired) electrons. The Bertz CT molecular complexity index is 539. The molecule has 0 N–H and O–H groups in total. The second-order valence-electron chi connectivity index (χ2n) is 6.54. The summed E-state index contributed by atoms with van der Waals surface area (Å²) in [5.41, 5.74) is 0.867. The Morgan fingerprint density at radius 3 is 3.08 bits per heavy atom. The zero-order valence-corrected chi connectivity index (χ0v) is 14.3. The first-order valence-electron chi connectivity index (χ1n) is 8.71. The van der Waals surface area contributed by atoms with Gasteiger partial charge in [0.2, 0.25) is 5.91 Å². The molecule has 0 aromatic carbocycles. The number of hydrogen-bond donors (Lipinski definition) is 0. The van der Waals surface area contributed by atoms with Crippen LogP contribution in [-0.4, -0.2) is 60.4 Å². The predicted octanol–water partition coefficient (Wildman–Crippen LogP) is 1.78. The average molecular weight is 334 g/mol. The van der Waals surface area contributed by atoms with E-state index in [1.165, 1.54) is 0 Å². The van der Waals surface area contributed by atoms with E-state index in [4.69, 9.17) is 14.2 Å². The van der Waals surface area contributed by atoms with Gasteiger partial charge in [0.1, 0.15) is 6.61 Å². The highest BCUT2D eigenvalue weighted by molar-refractivity contribution is 5.77. The number of ether oxygens (including phenoxy) is 3. The van der Waals surface area contributed by atoms with Gasteiger partial charge in [0.15, 0.2) is 0 Å². The summed E-state index contributed by atoms with van der Waals surface area (Å²) in [6.45, 7) is 5.22. The lowest BCUT2D eigenvalue weighted by Crippen LogP contribution is -2.51. The van der Waals surface area contributed by atoms with Gasteiger partial charge in [0, 0.05) is 38.5 Å². The molecule has 6 nitrogen and oxygen atoms in total. The van der Waals surface area contributed by atoms with Crippen LogP contribution in [0.25, 0.3) is 0 Å². The van der Waals surface area contributed by atoms with Gasteiger partial charge in [-0.25, -0.2) is 0 Å². The molecule has 1 amide bonds. The molecule has 3 heterocycles. The molecule has 1 aromatic heterocycles. The minimum Gasteiger partial charge on any atom is -0.372 e.